The van der Waals surface area contributed by atoms with Crippen molar-refractivity contribution >= 4 is 5.94 Å². The monoisotopic (exact) mass is 111 g/mol. The fraction of sp³-hybridized carbons (Fsp3) is 0.200. The van der Waals surface area contributed by atoms with Crippen molar-refractivity contribution in [1.29, 1.82) is 0 Å². The van der Waals surface area contributed by atoms with Gasteiger partial charge in [0.25, 0.3) is 6.29 Å². The van der Waals surface area contributed by atoms with Crippen molar-refractivity contribution in [3.05, 3.63) is 18.6 Å². The summed E-state index contributed by atoms with van der Waals surface area (Å²) < 4.78 is 9.16. The van der Waals surface area contributed by atoms with Crippen LogP contribution < -0.4 is 0 Å². The van der Waals surface area contributed by atoms with Crippen LogP contribution >= 0.6 is 0 Å². The Hall–Kier alpha value is -1.21. The molecule has 1 aliphatic heterocycles. The average molecular weight is 111 g/mol. The first kappa shape index (κ1) is 4.94. The summed E-state index contributed by atoms with van der Waals surface area (Å²) in [5, 5.41) is 0. The maximum absolute atomic E-state index is 9.58. The normalized spacial score (nSPS) is 16.5. The fourth-order valence-corrected chi connectivity index (χ4v) is 0.346. The predicted molar refractivity (Wildman–Crippen MR) is 24.0 cm³/mol. The Labute approximate surface area is 46.2 Å². The second-order valence-electron chi connectivity index (χ2n) is 1.14. The highest BCUT2D eigenvalue weighted by molar-refractivity contribution is 5.45. The standard InChI is InChI=1S/C5H3O3/c6-2-1-5-7-3-4-8-5/h1,3,5H. The lowest BCUT2D eigenvalue weighted by molar-refractivity contribution is 0.0140. The lowest BCUT2D eigenvalue weighted by atomic mass is 10.6. The van der Waals surface area contributed by atoms with Crippen molar-refractivity contribution in [2.75, 3.05) is 0 Å². The smallest absolute Gasteiger partial charge is 0.270 e. The molecular formula is C5H3O3. The molecule has 0 aromatic carbocycles. The summed E-state index contributed by atoms with van der Waals surface area (Å²) >= 11 is 0. The summed E-state index contributed by atoms with van der Waals surface area (Å²) in [6, 6.07) is 0. The summed E-state index contributed by atoms with van der Waals surface area (Å²) in [5.41, 5.74) is 0. The Kier molecular flexibility index (Phi) is 1.35. The van der Waals surface area contributed by atoms with Crippen molar-refractivity contribution in [2.45, 2.75) is 6.29 Å². The van der Waals surface area contributed by atoms with Gasteiger partial charge in [-0.15, -0.1) is 0 Å². The van der Waals surface area contributed by atoms with E-state index in [0.29, 0.717) is 0 Å². The first-order chi connectivity index (χ1) is 3.93. The molecule has 0 aromatic heterocycles. The summed E-state index contributed by atoms with van der Waals surface area (Å²) in [5.74, 6) is 1.52. The van der Waals surface area contributed by atoms with Crippen LogP contribution in [0.25, 0.3) is 0 Å². The third kappa shape index (κ3) is 0.891. The SMILES string of the molecule is O=C=CC1O[C]=CO1. The highest BCUT2D eigenvalue weighted by Crippen LogP contribution is 2.02. The van der Waals surface area contributed by atoms with E-state index >= 15 is 0 Å². The molecule has 1 aliphatic rings. The molecule has 1 unspecified atom stereocenters. The zero-order valence-corrected chi connectivity index (χ0v) is 3.96. The molecule has 41 valence electrons. The van der Waals surface area contributed by atoms with Gasteiger partial charge < -0.3 is 9.47 Å². The second-order valence-corrected chi connectivity index (χ2v) is 1.14. The van der Waals surface area contributed by atoms with Gasteiger partial charge in [-0.05, 0) is 0 Å². The maximum atomic E-state index is 9.58. The molecule has 1 rings (SSSR count). The van der Waals surface area contributed by atoms with E-state index in [1.54, 1.807) is 0 Å². The first-order valence-corrected chi connectivity index (χ1v) is 2.03. The fourth-order valence-electron chi connectivity index (χ4n) is 0.346. The van der Waals surface area contributed by atoms with Gasteiger partial charge in [0.1, 0.15) is 12.2 Å². The van der Waals surface area contributed by atoms with Crippen LogP contribution in [-0.4, -0.2) is 12.2 Å². The number of rotatable bonds is 1. The summed E-state index contributed by atoms with van der Waals surface area (Å²) in [6.45, 7) is 0. The van der Waals surface area contributed by atoms with Crippen molar-refractivity contribution < 1.29 is 14.3 Å². The molecule has 0 saturated carbocycles. The lowest BCUT2D eigenvalue weighted by Crippen LogP contribution is -2.01. The van der Waals surface area contributed by atoms with Crippen molar-refractivity contribution in [2.24, 2.45) is 0 Å². The van der Waals surface area contributed by atoms with Gasteiger partial charge in [-0.3, -0.25) is 0 Å². The van der Waals surface area contributed by atoms with Gasteiger partial charge in [-0.25, -0.2) is 4.79 Å². The van der Waals surface area contributed by atoms with E-state index in [9.17, 15) is 4.79 Å². The van der Waals surface area contributed by atoms with E-state index in [-0.39, 0.29) is 0 Å². The molecule has 3 heteroatoms. The van der Waals surface area contributed by atoms with Crippen LogP contribution in [0.15, 0.2) is 12.3 Å². The van der Waals surface area contributed by atoms with E-state index in [1.165, 1.54) is 12.2 Å². The quantitative estimate of drug-likeness (QED) is 0.447. The molecule has 0 spiro atoms. The van der Waals surface area contributed by atoms with Crippen molar-refractivity contribution in [1.82, 2.24) is 0 Å². The summed E-state index contributed by atoms with van der Waals surface area (Å²) in [4.78, 5) is 9.58. The third-order valence-corrected chi connectivity index (χ3v) is 0.639. The largest absolute Gasteiger partial charge is 0.454 e. The van der Waals surface area contributed by atoms with Crippen LogP contribution in [0.3, 0.4) is 0 Å². The predicted octanol–water partition coefficient (Wildman–Crippen LogP) is 0.0215. The molecule has 0 saturated heterocycles. The van der Waals surface area contributed by atoms with Crippen LogP contribution in [0.4, 0.5) is 0 Å². The maximum Gasteiger partial charge on any atom is 0.270 e. The summed E-state index contributed by atoms with van der Waals surface area (Å²) in [6.07, 6.45) is 4.07. The number of hydrogen-bond donors (Lipinski definition) is 0. The van der Waals surface area contributed by atoms with Gasteiger partial charge >= 0.3 is 0 Å². The minimum Gasteiger partial charge on any atom is -0.454 e. The summed E-state index contributed by atoms with van der Waals surface area (Å²) in [7, 11) is 0. The van der Waals surface area contributed by atoms with Crippen molar-refractivity contribution in [3.63, 3.8) is 0 Å². The number of carbonyl (C=O) groups excluding carboxylic acids is 1. The molecule has 0 bridgehead atoms. The topological polar surface area (TPSA) is 35.5 Å². The van der Waals surface area contributed by atoms with Gasteiger partial charge in [0, 0.05) is 0 Å². The minimum absolute atomic E-state index is 0.604. The first-order valence-electron chi connectivity index (χ1n) is 2.03. The highest BCUT2D eigenvalue weighted by Gasteiger charge is 2.07. The molecule has 0 amide bonds. The molecule has 8 heavy (non-hydrogen) atoms. The molecule has 3 nitrogen and oxygen atoms in total. The Balaban J connectivity index is 2.40. The van der Waals surface area contributed by atoms with E-state index < -0.39 is 6.29 Å². The van der Waals surface area contributed by atoms with Crippen molar-refractivity contribution in [3.8, 4) is 0 Å². The zero-order valence-electron chi connectivity index (χ0n) is 3.96. The van der Waals surface area contributed by atoms with Crippen LogP contribution in [0.1, 0.15) is 0 Å². The van der Waals surface area contributed by atoms with Crippen LogP contribution in [-0.2, 0) is 14.3 Å². The zero-order chi connectivity index (χ0) is 5.82. The van der Waals surface area contributed by atoms with Gasteiger partial charge in [0.05, 0.1) is 6.08 Å². The Morgan fingerprint density at radius 2 is 2.75 bits per heavy atom. The highest BCUT2D eigenvalue weighted by atomic mass is 16.7. The lowest BCUT2D eigenvalue weighted by Gasteiger charge is -1.98. The van der Waals surface area contributed by atoms with Crippen LogP contribution in [0.5, 0.6) is 0 Å². The van der Waals surface area contributed by atoms with E-state index in [0.717, 1.165) is 6.08 Å². The van der Waals surface area contributed by atoms with Crippen LogP contribution in [0, 0.1) is 6.26 Å². The molecule has 1 atom stereocenters. The molecule has 0 N–H and O–H groups in total. The third-order valence-electron chi connectivity index (χ3n) is 0.639. The molecular weight excluding hydrogens is 108 g/mol. The van der Waals surface area contributed by atoms with E-state index in [2.05, 4.69) is 15.7 Å². The Morgan fingerprint density at radius 3 is 3.25 bits per heavy atom. The van der Waals surface area contributed by atoms with Gasteiger partial charge in [0.15, 0.2) is 0 Å². The van der Waals surface area contributed by atoms with E-state index in [4.69, 9.17) is 0 Å². The van der Waals surface area contributed by atoms with Gasteiger partial charge in [-0.2, -0.15) is 0 Å². The van der Waals surface area contributed by atoms with Gasteiger partial charge in [-0.1, -0.05) is 0 Å². The van der Waals surface area contributed by atoms with Gasteiger partial charge in [0.2, 0.25) is 6.26 Å². The molecule has 1 radical (unpaired) electrons. The Morgan fingerprint density at radius 1 is 1.88 bits per heavy atom. The Bertz CT molecular complexity index is 136. The molecule has 0 aromatic rings. The number of hydrogen-bond acceptors (Lipinski definition) is 3. The molecule has 0 aliphatic carbocycles. The van der Waals surface area contributed by atoms with E-state index in [1.807, 2.05) is 0 Å². The second kappa shape index (κ2) is 2.19. The minimum atomic E-state index is -0.604. The molecule has 1 heterocycles. The van der Waals surface area contributed by atoms with Crippen LogP contribution in [0.2, 0.25) is 0 Å². The molecule has 0 fully saturated rings. The number of ether oxygens (including phenoxy) is 2. The average Bonchev–Trinajstić information content (AvgIpc) is 2.19.